The van der Waals surface area contributed by atoms with E-state index in [1.807, 2.05) is 28.8 Å². The van der Waals surface area contributed by atoms with Crippen molar-refractivity contribution in [2.24, 2.45) is 0 Å². The molecule has 0 aliphatic carbocycles. The van der Waals surface area contributed by atoms with E-state index in [0.717, 1.165) is 22.6 Å². The maximum Gasteiger partial charge on any atom is 0.228 e. The Morgan fingerprint density at radius 1 is 1.14 bits per heavy atom. The first-order valence-corrected chi connectivity index (χ1v) is 7.29. The number of fused-ring (bicyclic) bond motifs is 1. The monoisotopic (exact) mass is 299 g/mol. The Morgan fingerprint density at radius 3 is 2.55 bits per heavy atom. The van der Waals surface area contributed by atoms with Gasteiger partial charge >= 0.3 is 0 Å². The second-order valence-corrected chi connectivity index (χ2v) is 5.67. The minimum Gasteiger partial charge on any atom is -0.348 e. The smallest absolute Gasteiger partial charge is 0.228 e. The second-order valence-electron chi connectivity index (χ2n) is 5.67. The fourth-order valence-electron chi connectivity index (χ4n) is 2.46. The third-order valence-electron chi connectivity index (χ3n) is 3.77. The highest BCUT2D eigenvalue weighted by Crippen LogP contribution is 2.25. The predicted molar refractivity (Wildman–Crippen MR) is 87.8 cm³/mol. The van der Waals surface area contributed by atoms with Crippen LogP contribution in [0.3, 0.4) is 0 Å². The first-order valence-electron chi connectivity index (χ1n) is 7.29. The molecule has 0 fully saturated rings. The van der Waals surface area contributed by atoms with E-state index in [2.05, 4.69) is 31.2 Å². The number of rotatable bonds is 3. The number of nitrogens with zero attached hydrogens (tertiary/aromatic N) is 3. The summed E-state index contributed by atoms with van der Waals surface area (Å²) in [5.74, 6) is 0.0685. The van der Waals surface area contributed by atoms with E-state index in [1.54, 1.807) is 19.0 Å². The van der Waals surface area contributed by atoms with Gasteiger partial charge in [0, 0.05) is 25.9 Å². The number of carbonyl (C=O) groups is 1. The van der Waals surface area contributed by atoms with Gasteiger partial charge in [-0.05, 0) is 19.1 Å². The van der Waals surface area contributed by atoms with Crippen molar-refractivity contribution in [1.82, 2.24) is 14.3 Å². The average Bonchev–Trinajstić information content (AvgIpc) is 2.87. The quantitative estimate of drug-likeness (QED) is 0.745. The SMILES string of the molecule is C[13c]1[13cH][13cH][13c](-c2nc3ccccn3c2CC(=O)N(C)C)[13cH][13cH]1. The van der Waals surface area contributed by atoms with Gasteiger partial charge < -0.3 is 9.30 Å². The Balaban J connectivity index is 2.16. The van der Waals surface area contributed by atoms with Crippen LogP contribution in [0.1, 0.15) is 11.3 Å². The average molecular weight is 299 g/mol. The lowest BCUT2D eigenvalue weighted by Gasteiger charge is -2.11. The van der Waals surface area contributed by atoms with Crippen molar-refractivity contribution in [2.45, 2.75) is 13.3 Å². The summed E-state index contributed by atoms with van der Waals surface area (Å²) in [5.41, 5.74) is 4.91. The summed E-state index contributed by atoms with van der Waals surface area (Å²) in [6.45, 7) is 2.06. The summed E-state index contributed by atoms with van der Waals surface area (Å²) in [5, 5.41) is 0. The van der Waals surface area contributed by atoms with Crippen LogP contribution < -0.4 is 0 Å². The van der Waals surface area contributed by atoms with Crippen molar-refractivity contribution in [3.05, 3.63) is 59.9 Å². The summed E-state index contributed by atoms with van der Waals surface area (Å²) in [6.07, 6.45) is 2.29. The van der Waals surface area contributed by atoms with Crippen molar-refractivity contribution in [3.8, 4) is 11.3 Å². The molecule has 3 aromatic rings. The van der Waals surface area contributed by atoms with Crippen molar-refractivity contribution in [1.29, 1.82) is 0 Å². The van der Waals surface area contributed by atoms with Crippen LogP contribution in [0.5, 0.6) is 0 Å². The van der Waals surface area contributed by atoms with E-state index >= 15 is 0 Å². The van der Waals surface area contributed by atoms with Crippen molar-refractivity contribution >= 4 is 11.6 Å². The Morgan fingerprint density at radius 2 is 1.86 bits per heavy atom. The zero-order valence-corrected chi connectivity index (χ0v) is 13.1. The molecule has 0 spiro atoms. The first kappa shape index (κ1) is 14.3. The van der Waals surface area contributed by atoms with E-state index in [9.17, 15) is 4.79 Å². The zero-order valence-electron chi connectivity index (χ0n) is 13.1. The van der Waals surface area contributed by atoms with Crippen molar-refractivity contribution < 1.29 is 4.79 Å². The van der Waals surface area contributed by atoms with Crippen LogP contribution >= 0.6 is 0 Å². The van der Waals surface area contributed by atoms with E-state index < -0.39 is 0 Å². The molecule has 0 bridgehead atoms. The number of amides is 1. The molecule has 0 saturated heterocycles. The normalized spacial score (nSPS) is 10.9. The molecular weight excluding hydrogens is 280 g/mol. The molecule has 112 valence electrons. The van der Waals surface area contributed by atoms with Crippen LogP contribution in [0.2, 0.25) is 0 Å². The molecule has 0 aliphatic rings. The Kier molecular flexibility index (Phi) is 3.67. The lowest BCUT2D eigenvalue weighted by molar-refractivity contribution is -0.128. The number of carbonyl (C=O) groups excluding carboxylic acids is 1. The van der Waals surface area contributed by atoms with Crippen LogP contribution in [-0.4, -0.2) is 34.3 Å². The van der Waals surface area contributed by atoms with Gasteiger partial charge in [-0.3, -0.25) is 4.79 Å². The maximum atomic E-state index is 12.2. The van der Waals surface area contributed by atoms with Gasteiger partial charge in [0.05, 0.1) is 17.8 Å². The topological polar surface area (TPSA) is 37.6 Å². The third-order valence-corrected chi connectivity index (χ3v) is 3.77. The number of hydrogen-bond donors (Lipinski definition) is 0. The standard InChI is InChI=1S/C18H19N3O/c1-13-7-9-14(10-8-13)18-15(12-17(22)20(2)3)21-11-5-4-6-16(21)19-18/h4-11H,12H2,1-3H3/i7+1,8+1,9+1,10+1,13+1,14+1. The summed E-state index contributed by atoms with van der Waals surface area (Å²) in [6, 6.07) is 14.1. The number of imidazole rings is 1. The molecule has 0 unspecified atom stereocenters. The van der Waals surface area contributed by atoms with Crippen LogP contribution in [0.4, 0.5) is 0 Å². The van der Waals surface area contributed by atoms with Gasteiger partial charge in [0.2, 0.25) is 5.91 Å². The molecular formula is C18H19N3O. The molecule has 0 atom stereocenters. The van der Waals surface area contributed by atoms with E-state index in [-0.39, 0.29) is 5.91 Å². The fraction of sp³-hybridized carbons (Fsp3) is 0.222. The number of pyridine rings is 1. The van der Waals surface area contributed by atoms with Crippen LogP contribution in [0.25, 0.3) is 16.9 Å². The van der Waals surface area contributed by atoms with Crippen LogP contribution in [0.15, 0.2) is 48.7 Å². The number of likely N-dealkylation sites (N-methyl/N-ethyl adjacent to an activating group) is 1. The summed E-state index contributed by atoms with van der Waals surface area (Å²) in [4.78, 5) is 18.5. The van der Waals surface area contributed by atoms with Gasteiger partial charge in [-0.15, -0.1) is 0 Å². The molecule has 1 aromatic carbocycles. The summed E-state index contributed by atoms with van der Waals surface area (Å²) < 4.78 is 2.00. The number of benzene rings is 1. The van der Waals surface area contributed by atoms with Gasteiger partial charge in [0.15, 0.2) is 0 Å². The van der Waals surface area contributed by atoms with Crippen LogP contribution in [0, 0.1) is 6.92 Å². The fourth-order valence-corrected chi connectivity index (χ4v) is 2.46. The van der Waals surface area contributed by atoms with Gasteiger partial charge in [0.1, 0.15) is 5.65 Å². The van der Waals surface area contributed by atoms with Crippen molar-refractivity contribution in [2.75, 3.05) is 14.1 Å². The maximum absolute atomic E-state index is 12.2. The third kappa shape index (κ3) is 2.60. The van der Waals surface area contributed by atoms with Gasteiger partial charge in [-0.2, -0.15) is 0 Å². The predicted octanol–water partition coefficient (Wildman–Crippen LogP) is 2.94. The van der Waals surface area contributed by atoms with Crippen LogP contribution in [-0.2, 0) is 11.2 Å². The molecule has 22 heavy (non-hydrogen) atoms. The highest BCUT2D eigenvalue weighted by Gasteiger charge is 2.17. The lowest BCUT2D eigenvalue weighted by Crippen LogP contribution is -2.24. The molecule has 0 aliphatic heterocycles. The lowest BCUT2D eigenvalue weighted by atomic mass is 10.2. The molecule has 4 nitrogen and oxygen atoms in total. The van der Waals surface area contributed by atoms with Gasteiger partial charge in [-0.25, -0.2) is 4.98 Å². The minimum absolute atomic E-state index is 0.0685. The molecule has 1 amide bonds. The van der Waals surface area contributed by atoms with E-state index in [4.69, 9.17) is 4.98 Å². The minimum atomic E-state index is 0.0685. The van der Waals surface area contributed by atoms with E-state index in [0.29, 0.717) is 6.42 Å². The first-order chi connectivity index (χ1) is 10.6. The molecule has 0 N–H and O–H groups in total. The number of hydrogen-bond acceptors (Lipinski definition) is 2. The number of aromatic nitrogens is 2. The highest BCUT2D eigenvalue weighted by atomic mass is 16.2. The summed E-state index contributed by atoms with van der Waals surface area (Å²) in [7, 11) is 3.55. The Labute approximate surface area is 130 Å². The molecule has 2 aromatic heterocycles. The summed E-state index contributed by atoms with van der Waals surface area (Å²) >= 11 is 0. The molecule has 0 saturated carbocycles. The van der Waals surface area contributed by atoms with Crippen molar-refractivity contribution in [3.63, 3.8) is 0 Å². The second kappa shape index (κ2) is 5.64. The zero-order chi connectivity index (χ0) is 15.7. The van der Waals surface area contributed by atoms with E-state index in [1.165, 1.54) is 5.56 Å². The molecule has 3 rings (SSSR count). The molecule has 4 heteroatoms. The number of aryl methyl sites for hydroxylation is 1. The Hall–Kier alpha value is -2.62. The molecule has 0 radical (unpaired) electrons. The molecule has 2 heterocycles. The van der Waals surface area contributed by atoms with Gasteiger partial charge in [0.25, 0.3) is 0 Å². The van der Waals surface area contributed by atoms with Gasteiger partial charge in [-0.1, -0.05) is 35.9 Å². The highest BCUT2D eigenvalue weighted by molar-refractivity contribution is 5.81. The Bertz CT molecular complexity index is 816. The largest absolute Gasteiger partial charge is 0.348 e.